The molecule has 0 fully saturated rings. The van der Waals surface area contributed by atoms with Gasteiger partial charge in [0.1, 0.15) is 0 Å². The van der Waals surface area contributed by atoms with Crippen LogP contribution < -0.4 is 0 Å². The zero-order chi connectivity index (χ0) is 60.4. The summed E-state index contributed by atoms with van der Waals surface area (Å²) >= 11 is 0. The van der Waals surface area contributed by atoms with E-state index in [0.29, 0.717) is 13.7 Å². The highest BCUT2D eigenvalue weighted by Crippen LogP contribution is 2.40. The molecule has 0 spiro atoms. The van der Waals surface area contributed by atoms with Crippen molar-refractivity contribution in [3.05, 3.63) is 187 Å². The molecule has 0 amide bonds. The maximum absolute atomic E-state index is 10.2. The second kappa shape index (κ2) is 10.8. The van der Waals surface area contributed by atoms with Gasteiger partial charge < -0.3 is 13.7 Å². The molecule has 0 atom stereocenters. The van der Waals surface area contributed by atoms with E-state index in [9.17, 15) is 15.1 Å². The van der Waals surface area contributed by atoms with Gasteiger partial charge in [0.25, 0.3) is 0 Å². The van der Waals surface area contributed by atoms with Crippen LogP contribution in [0, 0.1) is 0 Å². The van der Waals surface area contributed by atoms with Crippen LogP contribution in [-0.4, -0.2) is 13.7 Å². The second-order valence-electron chi connectivity index (χ2n) is 11.0. The van der Waals surface area contributed by atoms with Crippen LogP contribution in [0.4, 0.5) is 0 Å². The van der Waals surface area contributed by atoms with Gasteiger partial charge in [0.05, 0.1) is 81.3 Å². The average molecular weight is 681 g/mol. The van der Waals surface area contributed by atoms with Crippen molar-refractivity contribution in [2.45, 2.75) is 0 Å². The Morgan fingerprint density at radius 1 is 0.294 bits per heavy atom. The third-order valence-corrected chi connectivity index (χ3v) is 8.41. The molecule has 0 saturated heterocycles. The van der Waals surface area contributed by atoms with Gasteiger partial charge >= 0.3 is 0 Å². The molecular weight excluding hydrogens is 619 g/mol. The number of benzene rings is 8. The Morgan fingerprint density at radius 3 is 1.24 bits per heavy atom. The lowest BCUT2D eigenvalue weighted by atomic mass is 10.0. The number of hydrogen-bond acceptors (Lipinski definition) is 0. The quantitative estimate of drug-likeness (QED) is 0.176. The van der Waals surface area contributed by atoms with Gasteiger partial charge in [-0.1, -0.05) is 127 Å². The van der Waals surface area contributed by atoms with Gasteiger partial charge in [-0.2, -0.15) is 0 Å². The molecule has 3 nitrogen and oxygen atoms in total. The summed E-state index contributed by atoms with van der Waals surface area (Å²) in [5.74, 6) is 0. The maximum Gasteiger partial charge on any atom is 0.0667 e. The summed E-state index contributed by atoms with van der Waals surface area (Å²) in [6, 6.07) is -30.4. The maximum atomic E-state index is 10.2. The Morgan fingerprint density at radius 2 is 0.706 bits per heavy atom. The van der Waals surface area contributed by atoms with Crippen LogP contribution in [0.2, 0.25) is 0 Å². The molecule has 0 saturated carbocycles. The average Bonchev–Trinajstić information content (AvgIpc) is 1.68. The zero-order valence-electron chi connectivity index (χ0n) is 56.3. The van der Waals surface area contributed by atoms with Crippen molar-refractivity contribution in [1.29, 1.82) is 0 Å². The van der Waals surface area contributed by atoms with E-state index in [1.165, 1.54) is 0 Å². The van der Waals surface area contributed by atoms with Crippen molar-refractivity contribution < 1.29 is 42.5 Å². The van der Waals surface area contributed by atoms with Crippen LogP contribution in [0.25, 0.3) is 93.6 Å². The first-order valence-corrected chi connectivity index (χ1v) is 15.0. The summed E-state index contributed by atoms with van der Waals surface area (Å²) in [6.07, 6.45) is 0. The van der Waals surface area contributed by atoms with E-state index in [1.54, 1.807) is 0 Å². The van der Waals surface area contributed by atoms with Gasteiger partial charge in [0.15, 0.2) is 0 Å². The molecular formula is C48H31N3. The smallest absolute Gasteiger partial charge is 0.0667 e. The first-order chi connectivity index (χ1) is 38.2. The van der Waals surface area contributed by atoms with Crippen LogP contribution in [-0.2, 0) is 0 Å². The van der Waals surface area contributed by atoms with Gasteiger partial charge in [-0.3, -0.25) is 0 Å². The highest BCUT2D eigenvalue weighted by molar-refractivity contribution is 6.13. The predicted molar refractivity (Wildman–Crippen MR) is 215 cm³/mol. The molecule has 0 aliphatic heterocycles. The molecule has 3 heteroatoms. The van der Waals surface area contributed by atoms with Gasteiger partial charge in [-0.15, -0.1) is 0 Å². The fourth-order valence-electron chi connectivity index (χ4n) is 6.35. The largest absolute Gasteiger partial charge is 0.309 e. The molecule has 3 aromatic heterocycles. The lowest BCUT2D eigenvalue weighted by Crippen LogP contribution is -1.99. The Balaban J connectivity index is 1.42. The molecule has 0 aliphatic rings. The van der Waals surface area contributed by atoms with Crippen LogP contribution >= 0.6 is 0 Å². The Bertz CT molecular complexity index is 4780. The number of para-hydroxylation sites is 6. The predicted octanol–water partition coefficient (Wildman–Crippen LogP) is 12.6. The molecule has 0 N–H and O–H groups in total. The van der Waals surface area contributed by atoms with Gasteiger partial charge in [-0.05, 0) is 66.0 Å². The highest BCUT2D eigenvalue weighted by Gasteiger charge is 2.19. The summed E-state index contributed by atoms with van der Waals surface area (Å²) in [5, 5.41) is -3.50. The van der Waals surface area contributed by atoms with E-state index < -0.39 is 281 Å². The molecule has 0 radical (unpaired) electrons. The van der Waals surface area contributed by atoms with Crippen LogP contribution in [0.3, 0.4) is 0 Å². The van der Waals surface area contributed by atoms with E-state index in [2.05, 4.69) is 0 Å². The normalized spacial score (nSPS) is 20.4. The van der Waals surface area contributed by atoms with E-state index in [4.69, 9.17) is 27.4 Å². The minimum Gasteiger partial charge on any atom is -0.309 e. The monoisotopic (exact) mass is 680 g/mol. The van der Waals surface area contributed by atoms with Crippen molar-refractivity contribution in [2.24, 2.45) is 0 Å². The third kappa shape index (κ3) is 4.06. The van der Waals surface area contributed by atoms with E-state index in [1.807, 2.05) is 0 Å². The fraction of sp³-hybridized carbons (Fsp3) is 0. The molecule has 0 unspecified atom stereocenters. The standard InChI is InChI=1S/C48H31N3/c1-7-22-42(35(16-1)32-14-13-15-33(30-32)49-43-23-8-2-17-36(43)37-18-3-9-24-44(37)49)51-47-27-12-6-21-40(47)41-29-28-34(31-48(41)51)50-45-25-10-4-19-38(45)39-20-5-11-26-46(39)50/h1-31H/i1D,2D,3D,4D,5D,6D,7D,8D,9D,10D,11D,12D,13D,14D,15D,16D,17D,18D,19D,20D,21D,22D,23D,24D,25D,26D,27D,28D,29D,30D,31D. The summed E-state index contributed by atoms with van der Waals surface area (Å²) in [6.45, 7) is 0. The van der Waals surface area contributed by atoms with Crippen LogP contribution in [0.1, 0.15) is 42.5 Å². The second-order valence-corrected chi connectivity index (χ2v) is 11.0. The molecule has 3 heterocycles. The van der Waals surface area contributed by atoms with Crippen LogP contribution in [0.5, 0.6) is 0 Å². The SMILES string of the molecule is [2H]c1c([2H])c([2H])c(-n2c3c([2H])c([2H])c([2H])c([2H])c3c3c([2H])c([2H])c(-n4c5c([2H])c([2H])c([2H])c([2H])c5c5c([2H])c([2H])c([2H])c([2H])c54)c([2H])c32)c(-c2c([2H])c([2H])c([2H])c(-n3c4c([2H])c([2H])c([2H])c([2H])c4c4c([2H])c([2H])c([2H])c([2H])c43)c2[2H])c1[2H]. The number of fused-ring (bicyclic) bond motifs is 9. The first-order valence-electron chi connectivity index (χ1n) is 30.5. The van der Waals surface area contributed by atoms with Crippen molar-refractivity contribution >= 4 is 65.4 Å². The topological polar surface area (TPSA) is 14.8 Å². The van der Waals surface area contributed by atoms with E-state index in [0.717, 1.165) is 0 Å². The zero-order valence-corrected chi connectivity index (χ0v) is 25.3. The van der Waals surface area contributed by atoms with Crippen molar-refractivity contribution in [3.8, 4) is 28.2 Å². The molecule has 51 heavy (non-hydrogen) atoms. The number of aromatic nitrogens is 3. The fourth-order valence-corrected chi connectivity index (χ4v) is 6.35. The summed E-state index contributed by atoms with van der Waals surface area (Å²) in [7, 11) is 0. The van der Waals surface area contributed by atoms with Gasteiger partial charge in [0.2, 0.25) is 0 Å². The van der Waals surface area contributed by atoms with E-state index in [-0.39, 0.29) is 0 Å². The lowest BCUT2D eigenvalue weighted by molar-refractivity contribution is 1.15. The molecule has 8 aromatic carbocycles. The Kier molecular flexibility index (Phi) is 2.41. The molecule has 0 aliphatic carbocycles. The molecule has 238 valence electrons. The summed E-state index contributed by atoms with van der Waals surface area (Å²) in [5.41, 5.74) is -9.10. The number of rotatable bonds is 4. The minimum absolute atomic E-state index is 0.529. The minimum atomic E-state index is -1.17. The van der Waals surface area contributed by atoms with Gasteiger partial charge in [0, 0.05) is 49.3 Å². The lowest BCUT2D eigenvalue weighted by Gasteiger charge is -2.16. The van der Waals surface area contributed by atoms with E-state index >= 15 is 0 Å². The molecule has 11 aromatic rings. The van der Waals surface area contributed by atoms with Crippen molar-refractivity contribution in [3.63, 3.8) is 0 Å². The molecule has 0 bridgehead atoms. The van der Waals surface area contributed by atoms with Gasteiger partial charge in [-0.25, -0.2) is 0 Å². The Labute approximate surface area is 338 Å². The molecule has 11 rings (SSSR count). The number of nitrogens with zero attached hydrogens (tertiary/aromatic N) is 3. The van der Waals surface area contributed by atoms with Crippen molar-refractivity contribution in [1.82, 2.24) is 13.7 Å². The van der Waals surface area contributed by atoms with Crippen molar-refractivity contribution in [2.75, 3.05) is 0 Å². The highest BCUT2D eigenvalue weighted by atomic mass is 15.0. The number of hydrogen-bond donors (Lipinski definition) is 0. The summed E-state index contributed by atoms with van der Waals surface area (Å²) in [4.78, 5) is 0. The third-order valence-electron chi connectivity index (χ3n) is 8.41. The first kappa shape index (κ1) is 11.3. The Hall–Kier alpha value is -6.84. The van der Waals surface area contributed by atoms with Crippen LogP contribution in [0.15, 0.2) is 187 Å². The summed E-state index contributed by atoms with van der Waals surface area (Å²) < 4.78 is 284.